The Bertz CT molecular complexity index is 354. The lowest BCUT2D eigenvalue weighted by Gasteiger charge is -2.14. The largest absolute Gasteiger partial charge is 0.397 e. The second-order valence-corrected chi connectivity index (χ2v) is 4.77. The fourth-order valence-electron chi connectivity index (χ4n) is 2.09. The molecule has 0 aromatic carbocycles. The maximum Gasteiger partial charge on any atom is 0.145 e. The van der Waals surface area contributed by atoms with E-state index in [0.717, 1.165) is 11.7 Å². The molecule has 1 fully saturated rings. The SMILES string of the molecule is CC1CCC(Nc2ncc(N)cc2Cl)C1. The lowest BCUT2D eigenvalue weighted by Crippen LogP contribution is -2.16. The van der Waals surface area contributed by atoms with Gasteiger partial charge in [-0.25, -0.2) is 4.98 Å². The number of nitrogens with zero attached hydrogens (tertiary/aromatic N) is 1. The highest BCUT2D eigenvalue weighted by molar-refractivity contribution is 6.33. The van der Waals surface area contributed by atoms with E-state index < -0.39 is 0 Å². The van der Waals surface area contributed by atoms with Gasteiger partial charge in [-0.2, -0.15) is 0 Å². The molecule has 1 aromatic rings. The number of rotatable bonds is 2. The van der Waals surface area contributed by atoms with Crippen molar-refractivity contribution < 1.29 is 0 Å². The Hall–Kier alpha value is -0.960. The number of hydrogen-bond donors (Lipinski definition) is 2. The molecule has 3 nitrogen and oxygen atoms in total. The minimum atomic E-state index is 0.508. The molecule has 82 valence electrons. The number of anilines is 2. The van der Waals surface area contributed by atoms with Gasteiger partial charge in [-0.3, -0.25) is 0 Å². The molecule has 1 heterocycles. The van der Waals surface area contributed by atoms with Crippen LogP contribution in [0, 0.1) is 5.92 Å². The Labute approximate surface area is 95.0 Å². The van der Waals surface area contributed by atoms with E-state index in [0.29, 0.717) is 16.8 Å². The van der Waals surface area contributed by atoms with Crippen LogP contribution < -0.4 is 11.1 Å². The second kappa shape index (κ2) is 4.27. The number of hydrogen-bond acceptors (Lipinski definition) is 3. The van der Waals surface area contributed by atoms with E-state index in [1.54, 1.807) is 12.3 Å². The van der Waals surface area contributed by atoms with Crippen LogP contribution in [0.1, 0.15) is 26.2 Å². The van der Waals surface area contributed by atoms with Gasteiger partial charge in [0, 0.05) is 6.04 Å². The summed E-state index contributed by atoms with van der Waals surface area (Å²) in [7, 11) is 0. The molecule has 15 heavy (non-hydrogen) atoms. The highest BCUT2D eigenvalue weighted by atomic mass is 35.5. The minimum Gasteiger partial charge on any atom is -0.397 e. The molecule has 0 aliphatic heterocycles. The van der Waals surface area contributed by atoms with Crippen LogP contribution in [0.3, 0.4) is 0 Å². The Kier molecular flexibility index (Phi) is 3.00. The summed E-state index contributed by atoms with van der Waals surface area (Å²) in [4.78, 5) is 4.20. The average molecular weight is 226 g/mol. The van der Waals surface area contributed by atoms with Gasteiger partial charge in [-0.15, -0.1) is 0 Å². The van der Waals surface area contributed by atoms with Gasteiger partial charge in [-0.05, 0) is 31.2 Å². The highest BCUT2D eigenvalue weighted by Crippen LogP contribution is 2.29. The van der Waals surface area contributed by atoms with Crippen molar-refractivity contribution in [2.75, 3.05) is 11.1 Å². The Morgan fingerprint density at radius 1 is 1.53 bits per heavy atom. The van der Waals surface area contributed by atoms with Crippen LogP contribution in [0.15, 0.2) is 12.3 Å². The highest BCUT2D eigenvalue weighted by Gasteiger charge is 2.21. The molecular formula is C11H16ClN3. The van der Waals surface area contributed by atoms with E-state index in [1.165, 1.54) is 19.3 Å². The maximum atomic E-state index is 6.04. The topological polar surface area (TPSA) is 50.9 Å². The molecule has 0 saturated heterocycles. The number of nitrogen functional groups attached to an aromatic ring is 1. The molecule has 1 saturated carbocycles. The number of halogens is 1. The van der Waals surface area contributed by atoms with Gasteiger partial charge in [0.1, 0.15) is 5.82 Å². The zero-order valence-corrected chi connectivity index (χ0v) is 9.59. The van der Waals surface area contributed by atoms with Crippen molar-refractivity contribution >= 4 is 23.1 Å². The lowest BCUT2D eigenvalue weighted by atomic mass is 10.1. The first-order valence-electron chi connectivity index (χ1n) is 5.32. The third-order valence-corrected chi connectivity index (χ3v) is 3.19. The van der Waals surface area contributed by atoms with Crippen molar-refractivity contribution in [1.82, 2.24) is 4.98 Å². The van der Waals surface area contributed by atoms with E-state index in [2.05, 4.69) is 17.2 Å². The maximum absolute atomic E-state index is 6.04. The quantitative estimate of drug-likeness (QED) is 0.814. The number of pyridine rings is 1. The number of aromatic nitrogens is 1. The summed E-state index contributed by atoms with van der Waals surface area (Å²) < 4.78 is 0. The fraction of sp³-hybridized carbons (Fsp3) is 0.545. The summed E-state index contributed by atoms with van der Waals surface area (Å²) in [5.41, 5.74) is 6.19. The molecule has 2 rings (SSSR count). The molecule has 1 aliphatic carbocycles. The third-order valence-electron chi connectivity index (χ3n) is 2.90. The summed E-state index contributed by atoms with van der Waals surface area (Å²) in [6.07, 6.45) is 5.31. The summed E-state index contributed by atoms with van der Waals surface area (Å²) in [5.74, 6) is 1.56. The number of nitrogens with one attached hydrogen (secondary N) is 1. The van der Waals surface area contributed by atoms with E-state index in [4.69, 9.17) is 17.3 Å². The van der Waals surface area contributed by atoms with Crippen molar-refractivity contribution in [2.24, 2.45) is 5.92 Å². The molecule has 0 bridgehead atoms. The zero-order valence-electron chi connectivity index (χ0n) is 8.83. The van der Waals surface area contributed by atoms with Crippen molar-refractivity contribution in [3.63, 3.8) is 0 Å². The van der Waals surface area contributed by atoms with Crippen LogP contribution in [0.2, 0.25) is 5.02 Å². The molecule has 0 radical (unpaired) electrons. The van der Waals surface area contributed by atoms with Crippen LogP contribution in [-0.2, 0) is 0 Å². The van der Waals surface area contributed by atoms with Crippen molar-refractivity contribution in [2.45, 2.75) is 32.2 Å². The molecular weight excluding hydrogens is 210 g/mol. The Balaban J connectivity index is 2.04. The standard InChI is InChI=1S/C11H16ClN3/c1-7-2-3-9(4-7)15-11-10(12)5-8(13)6-14-11/h5-7,9H,2-4,13H2,1H3,(H,14,15). The lowest BCUT2D eigenvalue weighted by molar-refractivity contribution is 0.602. The molecule has 1 aromatic heterocycles. The zero-order chi connectivity index (χ0) is 10.8. The first-order chi connectivity index (χ1) is 7.15. The summed E-state index contributed by atoms with van der Waals surface area (Å²) in [6.45, 7) is 2.28. The van der Waals surface area contributed by atoms with Crippen LogP contribution in [0.5, 0.6) is 0 Å². The monoisotopic (exact) mass is 225 g/mol. The molecule has 3 N–H and O–H groups in total. The van der Waals surface area contributed by atoms with E-state index in [9.17, 15) is 0 Å². The second-order valence-electron chi connectivity index (χ2n) is 4.36. The van der Waals surface area contributed by atoms with Crippen LogP contribution in [0.4, 0.5) is 11.5 Å². The van der Waals surface area contributed by atoms with Crippen molar-refractivity contribution in [3.8, 4) is 0 Å². The van der Waals surface area contributed by atoms with E-state index in [1.807, 2.05) is 0 Å². The van der Waals surface area contributed by atoms with Gasteiger partial charge in [0.2, 0.25) is 0 Å². The van der Waals surface area contributed by atoms with Crippen LogP contribution in [-0.4, -0.2) is 11.0 Å². The van der Waals surface area contributed by atoms with Gasteiger partial charge in [0.05, 0.1) is 16.9 Å². The first kappa shape index (κ1) is 10.6. The van der Waals surface area contributed by atoms with Crippen molar-refractivity contribution in [3.05, 3.63) is 17.3 Å². The van der Waals surface area contributed by atoms with Gasteiger partial charge >= 0.3 is 0 Å². The van der Waals surface area contributed by atoms with Gasteiger partial charge in [0.25, 0.3) is 0 Å². The minimum absolute atomic E-state index is 0.508. The van der Waals surface area contributed by atoms with Gasteiger partial charge in [-0.1, -0.05) is 18.5 Å². The van der Waals surface area contributed by atoms with E-state index >= 15 is 0 Å². The Morgan fingerprint density at radius 3 is 2.93 bits per heavy atom. The predicted molar refractivity (Wildman–Crippen MR) is 64.1 cm³/mol. The first-order valence-corrected chi connectivity index (χ1v) is 5.70. The fourth-order valence-corrected chi connectivity index (χ4v) is 2.32. The molecule has 4 heteroatoms. The molecule has 0 amide bonds. The normalized spacial score (nSPS) is 25.5. The smallest absolute Gasteiger partial charge is 0.145 e. The van der Waals surface area contributed by atoms with Crippen LogP contribution >= 0.6 is 11.6 Å². The van der Waals surface area contributed by atoms with Gasteiger partial charge in [0.15, 0.2) is 0 Å². The molecule has 1 aliphatic rings. The number of nitrogens with two attached hydrogens (primary N) is 1. The Morgan fingerprint density at radius 2 is 2.33 bits per heavy atom. The van der Waals surface area contributed by atoms with Crippen LogP contribution in [0.25, 0.3) is 0 Å². The predicted octanol–water partition coefficient (Wildman–Crippen LogP) is 2.92. The molecule has 2 atom stereocenters. The summed E-state index contributed by atoms with van der Waals surface area (Å²) in [6, 6.07) is 2.24. The molecule has 2 unspecified atom stereocenters. The van der Waals surface area contributed by atoms with E-state index in [-0.39, 0.29) is 0 Å². The van der Waals surface area contributed by atoms with Crippen molar-refractivity contribution in [1.29, 1.82) is 0 Å². The summed E-state index contributed by atoms with van der Waals surface area (Å²) >= 11 is 6.04. The summed E-state index contributed by atoms with van der Waals surface area (Å²) in [5, 5.41) is 3.97. The van der Waals surface area contributed by atoms with Gasteiger partial charge < -0.3 is 11.1 Å². The third kappa shape index (κ3) is 2.53. The average Bonchev–Trinajstić information content (AvgIpc) is 2.56. The molecule has 0 spiro atoms.